The lowest BCUT2D eigenvalue weighted by atomic mass is 9.93. The fourth-order valence-electron chi connectivity index (χ4n) is 1.51. The minimum atomic E-state index is -0.872. The Morgan fingerprint density at radius 1 is 1.41 bits per heavy atom. The van der Waals surface area contributed by atoms with Crippen molar-refractivity contribution in [2.75, 3.05) is 5.32 Å². The van der Waals surface area contributed by atoms with Gasteiger partial charge in [-0.2, -0.15) is 5.26 Å². The number of carbonyl (C=O) groups excluding carboxylic acids is 1. The van der Waals surface area contributed by atoms with E-state index in [-0.39, 0.29) is 5.91 Å². The van der Waals surface area contributed by atoms with Gasteiger partial charge in [0.25, 0.3) is 0 Å². The van der Waals surface area contributed by atoms with Crippen LogP contribution in [0.3, 0.4) is 0 Å². The maximum atomic E-state index is 12.0. The predicted molar refractivity (Wildman–Crippen MR) is 67.3 cm³/mol. The van der Waals surface area contributed by atoms with Gasteiger partial charge in [-0.05, 0) is 25.0 Å². The van der Waals surface area contributed by atoms with E-state index in [1.165, 1.54) is 0 Å². The lowest BCUT2D eigenvalue weighted by molar-refractivity contribution is -0.121. The normalized spacial score (nSPS) is 10.7. The van der Waals surface area contributed by atoms with Crippen molar-refractivity contribution in [2.45, 2.75) is 32.2 Å². The van der Waals surface area contributed by atoms with Crippen LogP contribution in [0.2, 0.25) is 0 Å². The van der Waals surface area contributed by atoms with Crippen molar-refractivity contribution < 1.29 is 4.79 Å². The third kappa shape index (κ3) is 2.83. The lowest BCUT2D eigenvalue weighted by Crippen LogP contribution is -2.50. The largest absolute Gasteiger partial charge is 0.323 e. The molecule has 0 aliphatic heterocycles. The number of nitrogens with one attached hydrogen (secondary N) is 1. The van der Waals surface area contributed by atoms with Crippen molar-refractivity contribution in [3.05, 3.63) is 29.8 Å². The summed E-state index contributed by atoms with van der Waals surface area (Å²) in [6.07, 6.45) is 1.12. The molecular formula is C13H17N3O. The molecule has 0 unspecified atom stereocenters. The van der Waals surface area contributed by atoms with Crippen LogP contribution in [0, 0.1) is 11.3 Å². The second kappa shape index (κ2) is 5.46. The fraction of sp³-hybridized carbons (Fsp3) is 0.385. The van der Waals surface area contributed by atoms with Gasteiger partial charge in [0.2, 0.25) is 5.91 Å². The molecule has 90 valence electrons. The average Bonchev–Trinajstić information content (AvgIpc) is 2.38. The van der Waals surface area contributed by atoms with Gasteiger partial charge in [0, 0.05) is 0 Å². The van der Waals surface area contributed by atoms with Crippen LogP contribution >= 0.6 is 0 Å². The van der Waals surface area contributed by atoms with Gasteiger partial charge in [-0.3, -0.25) is 4.79 Å². The summed E-state index contributed by atoms with van der Waals surface area (Å²) in [5.41, 5.74) is 6.06. The SMILES string of the molecule is CCC(N)(CC)C(=O)Nc1ccccc1C#N. The van der Waals surface area contributed by atoms with E-state index in [0.29, 0.717) is 24.1 Å². The van der Waals surface area contributed by atoms with Gasteiger partial charge in [0.05, 0.1) is 16.8 Å². The van der Waals surface area contributed by atoms with Crippen molar-refractivity contribution in [1.82, 2.24) is 0 Å². The van der Waals surface area contributed by atoms with Gasteiger partial charge < -0.3 is 11.1 Å². The highest BCUT2D eigenvalue weighted by Gasteiger charge is 2.30. The average molecular weight is 231 g/mol. The molecule has 17 heavy (non-hydrogen) atoms. The number of nitrogens with zero attached hydrogens (tertiary/aromatic N) is 1. The Hall–Kier alpha value is -1.86. The van der Waals surface area contributed by atoms with Crippen LogP contribution in [0.4, 0.5) is 5.69 Å². The Bertz CT molecular complexity index is 444. The van der Waals surface area contributed by atoms with E-state index < -0.39 is 5.54 Å². The van der Waals surface area contributed by atoms with Crippen molar-refractivity contribution in [3.63, 3.8) is 0 Å². The summed E-state index contributed by atoms with van der Waals surface area (Å²) >= 11 is 0. The molecule has 1 amide bonds. The molecule has 0 aliphatic rings. The number of anilines is 1. The molecule has 0 atom stereocenters. The summed E-state index contributed by atoms with van der Waals surface area (Å²) in [7, 11) is 0. The van der Waals surface area contributed by atoms with E-state index in [1.54, 1.807) is 24.3 Å². The van der Waals surface area contributed by atoms with E-state index in [1.807, 2.05) is 19.9 Å². The summed E-state index contributed by atoms with van der Waals surface area (Å²) in [5, 5.41) is 11.6. The maximum Gasteiger partial charge on any atom is 0.244 e. The molecule has 0 aliphatic carbocycles. The van der Waals surface area contributed by atoms with E-state index in [9.17, 15) is 4.79 Å². The van der Waals surface area contributed by atoms with Crippen molar-refractivity contribution in [1.29, 1.82) is 5.26 Å². The third-order valence-electron chi connectivity index (χ3n) is 3.01. The fourth-order valence-corrected chi connectivity index (χ4v) is 1.51. The topological polar surface area (TPSA) is 78.9 Å². The maximum absolute atomic E-state index is 12.0. The van der Waals surface area contributed by atoms with Crippen LogP contribution in [0.5, 0.6) is 0 Å². The molecule has 4 heteroatoms. The van der Waals surface area contributed by atoms with Crippen LogP contribution in [0.25, 0.3) is 0 Å². The van der Waals surface area contributed by atoms with Gasteiger partial charge in [-0.1, -0.05) is 26.0 Å². The zero-order valence-electron chi connectivity index (χ0n) is 10.2. The first-order valence-electron chi connectivity index (χ1n) is 5.67. The Morgan fingerprint density at radius 2 is 2.00 bits per heavy atom. The molecule has 0 saturated heterocycles. The lowest BCUT2D eigenvalue weighted by Gasteiger charge is -2.25. The molecule has 0 heterocycles. The van der Waals surface area contributed by atoms with Crippen molar-refractivity contribution in [2.24, 2.45) is 5.73 Å². The molecule has 4 nitrogen and oxygen atoms in total. The van der Waals surface area contributed by atoms with Crippen LogP contribution in [-0.4, -0.2) is 11.4 Å². The predicted octanol–water partition coefficient (Wildman–Crippen LogP) is 2.01. The number of hydrogen-bond acceptors (Lipinski definition) is 3. The van der Waals surface area contributed by atoms with Crippen LogP contribution in [0.15, 0.2) is 24.3 Å². The summed E-state index contributed by atoms with van der Waals surface area (Å²) in [5.74, 6) is -0.245. The van der Waals surface area contributed by atoms with Crippen LogP contribution in [0.1, 0.15) is 32.3 Å². The smallest absolute Gasteiger partial charge is 0.244 e. The Kier molecular flexibility index (Phi) is 4.24. The summed E-state index contributed by atoms with van der Waals surface area (Å²) in [4.78, 5) is 12.0. The highest BCUT2D eigenvalue weighted by molar-refractivity contribution is 5.98. The number of rotatable bonds is 4. The second-order valence-corrected chi connectivity index (χ2v) is 3.97. The number of hydrogen-bond donors (Lipinski definition) is 2. The molecule has 0 saturated carbocycles. The van der Waals surface area contributed by atoms with Crippen molar-refractivity contribution >= 4 is 11.6 Å². The molecule has 0 spiro atoms. The van der Waals surface area contributed by atoms with E-state index in [4.69, 9.17) is 11.0 Å². The van der Waals surface area contributed by atoms with Gasteiger partial charge in [0.15, 0.2) is 0 Å². The highest BCUT2D eigenvalue weighted by Crippen LogP contribution is 2.18. The Balaban J connectivity index is 2.92. The van der Waals surface area contributed by atoms with Gasteiger partial charge in [-0.25, -0.2) is 0 Å². The van der Waals surface area contributed by atoms with E-state index >= 15 is 0 Å². The minimum Gasteiger partial charge on any atom is -0.323 e. The van der Waals surface area contributed by atoms with Gasteiger partial charge in [0.1, 0.15) is 6.07 Å². The number of benzene rings is 1. The Morgan fingerprint density at radius 3 is 2.53 bits per heavy atom. The zero-order valence-corrected chi connectivity index (χ0v) is 10.2. The number of amides is 1. The third-order valence-corrected chi connectivity index (χ3v) is 3.01. The standard InChI is InChI=1S/C13H17N3O/c1-3-13(15,4-2)12(17)16-11-8-6-5-7-10(11)9-14/h5-8H,3-4,15H2,1-2H3,(H,16,17). The number of carbonyl (C=O) groups is 1. The van der Waals surface area contributed by atoms with E-state index in [0.717, 1.165) is 0 Å². The number of nitriles is 1. The second-order valence-electron chi connectivity index (χ2n) is 3.97. The number of para-hydroxylation sites is 1. The zero-order chi connectivity index (χ0) is 12.9. The first kappa shape index (κ1) is 13.2. The first-order valence-corrected chi connectivity index (χ1v) is 5.67. The van der Waals surface area contributed by atoms with Gasteiger partial charge >= 0.3 is 0 Å². The van der Waals surface area contributed by atoms with Gasteiger partial charge in [-0.15, -0.1) is 0 Å². The molecule has 1 aromatic carbocycles. The van der Waals surface area contributed by atoms with Crippen LogP contribution in [-0.2, 0) is 4.79 Å². The summed E-state index contributed by atoms with van der Waals surface area (Å²) in [6, 6.07) is 8.91. The van der Waals surface area contributed by atoms with E-state index in [2.05, 4.69) is 5.32 Å². The quantitative estimate of drug-likeness (QED) is 0.832. The monoisotopic (exact) mass is 231 g/mol. The molecule has 1 rings (SSSR count). The van der Waals surface area contributed by atoms with Crippen molar-refractivity contribution in [3.8, 4) is 6.07 Å². The summed E-state index contributed by atoms with van der Waals surface area (Å²) in [6.45, 7) is 3.75. The summed E-state index contributed by atoms with van der Waals surface area (Å²) < 4.78 is 0. The number of nitrogens with two attached hydrogens (primary N) is 1. The van der Waals surface area contributed by atoms with Crippen LogP contribution < -0.4 is 11.1 Å². The molecule has 0 radical (unpaired) electrons. The Labute approximate surface area is 101 Å². The minimum absolute atomic E-state index is 0.245. The first-order chi connectivity index (χ1) is 8.07. The molecule has 3 N–H and O–H groups in total. The molecule has 0 fully saturated rings. The highest BCUT2D eigenvalue weighted by atomic mass is 16.2. The molecule has 0 aromatic heterocycles. The molecular weight excluding hydrogens is 214 g/mol. The molecule has 0 bridgehead atoms. The molecule has 1 aromatic rings.